The minimum absolute atomic E-state index is 0.0177. The first-order chi connectivity index (χ1) is 13.4. The highest BCUT2D eigenvalue weighted by molar-refractivity contribution is 5.94. The van der Waals surface area contributed by atoms with Gasteiger partial charge in [0, 0.05) is 17.7 Å². The molecule has 0 aliphatic rings. The van der Waals surface area contributed by atoms with Crippen LogP contribution in [0.15, 0.2) is 48.5 Å². The first-order valence-corrected chi connectivity index (χ1v) is 8.65. The second kappa shape index (κ2) is 7.99. The van der Waals surface area contributed by atoms with Crippen molar-refractivity contribution in [2.45, 2.75) is 26.9 Å². The average molecular weight is 382 g/mol. The van der Waals surface area contributed by atoms with Crippen molar-refractivity contribution >= 4 is 11.6 Å². The summed E-state index contributed by atoms with van der Waals surface area (Å²) in [6.07, 6.45) is 0. The van der Waals surface area contributed by atoms with Crippen LogP contribution in [0.2, 0.25) is 0 Å². The predicted octanol–water partition coefficient (Wildman–Crippen LogP) is 3.53. The molecule has 1 N–H and O–H groups in total. The molecule has 7 nitrogen and oxygen atoms in total. The fraction of sp³-hybridized carbons (Fsp3) is 0.200. The third kappa shape index (κ3) is 4.06. The number of nitrogens with one attached hydrogen (secondary N) is 1. The second-order valence-electron chi connectivity index (χ2n) is 6.41. The van der Waals surface area contributed by atoms with E-state index in [9.17, 15) is 19.3 Å². The number of amides is 1. The zero-order chi connectivity index (χ0) is 20.3. The smallest absolute Gasteiger partial charge is 0.312 e. The van der Waals surface area contributed by atoms with Gasteiger partial charge in [-0.15, -0.1) is 0 Å². The van der Waals surface area contributed by atoms with Crippen molar-refractivity contribution in [1.82, 2.24) is 15.1 Å². The molecule has 8 heteroatoms. The lowest BCUT2D eigenvalue weighted by molar-refractivity contribution is -0.386. The number of benzene rings is 2. The molecule has 0 fully saturated rings. The molecule has 3 rings (SSSR count). The van der Waals surface area contributed by atoms with E-state index >= 15 is 0 Å². The number of carbonyl (C=O) groups is 1. The van der Waals surface area contributed by atoms with E-state index in [4.69, 9.17) is 0 Å². The number of hydrogen-bond acceptors (Lipinski definition) is 4. The third-order valence-electron chi connectivity index (χ3n) is 4.47. The van der Waals surface area contributed by atoms with Crippen LogP contribution in [-0.4, -0.2) is 20.6 Å². The van der Waals surface area contributed by atoms with E-state index < -0.39 is 4.92 Å². The van der Waals surface area contributed by atoms with Crippen LogP contribution in [-0.2, 0) is 13.1 Å². The fourth-order valence-corrected chi connectivity index (χ4v) is 2.96. The van der Waals surface area contributed by atoms with Gasteiger partial charge in [0.1, 0.15) is 17.2 Å². The average Bonchev–Trinajstić information content (AvgIpc) is 2.94. The normalized spacial score (nSPS) is 10.7. The van der Waals surface area contributed by atoms with Gasteiger partial charge in [-0.25, -0.2) is 4.39 Å². The van der Waals surface area contributed by atoms with Crippen molar-refractivity contribution in [3.63, 3.8) is 0 Å². The van der Waals surface area contributed by atoms with Gasteiger partial charge in [-0.1, -0.05) is 30.3 Å². The number of aryl methyl sites for hydroxylation is 1. The molecule has 0 bridgehead atoms. The zero-order valence-electron chi connectivity index (χ0n) is 15.5. The molecule has 0 atom stereocenters. The molecular weight excluding hydrogens is 363 g/mol. The van der Waals surface area contributed by atoms with Gasteiger partial charge in [0.2, 0.25) is 0 Å². The topological polar surface area (TPSA) is 90.1 Å². The molecule has 0 aliphatic carbocycles. The summed E-state index contributed by atoms with van der Waals surface area (Å²) in [4.78, 5) is 22.9. The van der Waals surface area contributed by atoms with Crippen LogP contribution in [0.4, 0.5) is 10.1 Å². The molecule has 1 amide bonds. The summed E-state index contributed by atoms with van der Waals surface area (Å²) in [5.74, 6) is -0.673. The van der Waals surface area contributed by atoms with Crippen molar-refractivity contribution < 1.29 is 14.1 Å². The summed E-state index contributed by atoms with van der Waals surface area (Å²) >= 11 is 0. The number of hydrogen-bond donors (Lipinski definition) is 1. The van der Waals surface area contributed by atoms with Crippen LogP contribution < -0.4 is 5.32 Å². The number of rotatable bonds is 6. The van der Waals surface area contributed by atoms with Gasteiger partial charge in [0.05, 0.1) is 11.5 Å². The molecule has 28 heavy (non-hydrogen) atoms. The minimum atomic E-state index is -0.433. The lowest BCUT2D eigenvalue weighted by Crippen LogP contribution is -2.23. The summed E-state index contributed by atoms with van der Waals surface area (Å²) < 4.78 is 15.2. The van der Waals surface area contributed by atoms with Crippen LogP contribution in [0.5, 0.6) is 0 Å². The van der Waals surface area contributed by atoms with E-state index in [1.807, 2.05) is 0 Å². The summed E-state index contributed by atoms with van der Waals surface area (Å²) in [6.45, 7) is 3.72. The maximum atomic E-state index is 13.6. The Kier molecular flexibility index (Phi) is 5.49. The van der Waals surface area contributed by atoms with Gasteiger partial charge in [-0.2, -0.15) is 5.10 Å². The van der Waals surface area contributed by atoms with Crippen LogP contribution in [0, 0.1) is 29.8 Å². The Labute approximate surface area is 161 Å². The fourth-order valence-electron chi connectivity index (χ4n) is 2.96. The standard InChI is InChI=1S/C20H19FN4O3/c1-13-19(25(27)28)14(2)24(23-13)12-15-7-9-16(10-8-15)20(26)22-11-17-5-3-4-6-18(17)21/h3-10H,11-12H2,1-2H3,(H,22,26). The minimum Gasteiger partial charge on any atom is -0.348 e. The summed E-state index contributed by atoms with van der Waals surface area (Å²) in [6, 6.07) is 13.1. The highest BCUT2D eigenvalue weighted by Crippen LogP contribution is 2.22. The van der Waals surface area contributed by atoms with Crippen LogP contribution >= 0.6 is 0 Å². The van der Waals surface area contributed by atoms with Gasteiger partial charge in [0.15, 0.2) is 0 Å². The summed E-state index contributed by atoms with van der Waals surface area (Å²) in [5, 5.41) is 18.0. The highest BCUT2D eigenvalue weighted by atomic mass is 19.1. The van der Waals surface area contributed by atoms with Crippen molar-refractivity contribution in [3.05, 3.63) is 92.5 Å². The van der Waals surface area contributed by atoms with E-state index in [0.717, 1.165) is 5.56 Å². The number of nitro groups is 1. The maximum absolute atomic E-state index is 13.6. The summed E-state index contributed by atoms with van der Waals surface area (Å²) in [7, 11) is 0. The Hall–Kier alpha value is -3.55. The largest absolute Gasteiger partial charge is 0.348 e. The SMILES string of the molecule is Cc1nn(Cc2ccc(C(=O)NCc3ccccc3F)cc2)c(C)c1[N+](=O)[O-]. The van der Waals surface area contributed by atoms with Crippen LogP contribution in [0.3, 0.4) is 0 Å². The lowest BCUT2D eigenvalue weighted by atomic mass is 10.1. The first-order valence-electron chi connectivity index (χ1n) is 8.65. The zero-order valence-corrected chi connectivity index (χ0v) is 15.5. The quantitative estimate of drug-likeness (QED) is 0.522. The maximum Gasteiger partial charge on any atom is 0.312 e. The van der Waals surface area contributed by atoms with Crippen molar-refractivity contribution in [1.29, 1.82) is 0 Å². The van der Waals surface area contributed by atoms with Gasteiger partial charge in [-0.05, 0) is 37.6 Å². The molecule has 0 saturated heterocycles. The van der Waals surface area contributed by atoms with Gasteiger partial charge in [-0.3, -0.25) is 19.6 Å². The second-order valence-corrected chi connectivity index (χ2v) is 6.41. The Morgan fingerprint density at radius 1 is 1.18 bits per heavy atom. The van der Waals surface area contributed by atoms with Gasteiger partial charge >= 0.3 is 5.69 Å². The molecular formula is C20H19FN4O3. The monoisotopic (exact) mass is 382 g/mol. The van der Waals surface area contributed by atoms with Crippen LogP contribution in [0.1, 0.15) is 32.9 Å². The molecule has 3 aromatic rings. The molecule has 0 aliphatic heterocycles. The van der Waals surface area contributed by atoms with Crippen molar-refractivity contribution in [2.75, 3.05) is 0 Å². The Bertz CT molecular complexity index is 1030. The van der Waals surface area contributed by atoms with E-state index in [-0.39, 0.29) is 24.0 Å². The molecule has 2 aromatic carbocycles. The molecule has 1 heterocycles. The first kappa shape index (κ1) is 19.2. The molecule has 0 saturated carbocycles. The Morgan fingerprint density at radius 2 is 1.86 bits per heavy atom. The van der Waals surface area contributed by atoms with Crippen molar-refractivity contribution in [2.24, 2.45) is 0 Å². The van der Waals surface area contributed by atoms with Gasteiger partial charge in [0.25, 0.3) is 5.91 Å². The lowest BCUT2D eigenvalue weighted by Gasteiger charge is -2.08. The predicted molar refractivity (Wildman–Crippen MR) is 101 cm³/mol. The van der Waals surface area contributed by atoms with E-state index in [1.54, 1.807) is 61.0 Å². The number of aromatic nitrogens is 2. The van der Waals surface area contributed by atoms with Crippen LogP contribution in [0.25, 0.3) is 0 Å². The third-order valence-corrected chi connectivity index (χ3v) is 4.47. The highest BCUT2D eigenvalue weighted by Gasteiger charge is 2.21. The number of carbonyl (C=O) groups excluding carboxylic acids is 1. The van der Waals surface area contributed by atoms with E-state index in [1.165, 1.54) is 6.07 Å². The Morgan fingerprint density at radius 3 is 2.46 bits per heavy atom. The van der Waals surface area contributed by atoms with Crippen molar-refractivity contribution in [3.8, 4) is 0 Å². The van der Waals surface area contributed by atoms with E-state index in [0.29, 0.717) is 29.1 Å². The molecule has 1 aromatic heterocycles. The molecule has 0 unspecified atom stereocenters. The van der Waals surface area contributed by atoms with E-state index in [2.05, 4.69) is 10.4 Å². The Balaban J connectivity index is 1.67. The summed E-state index contributed by atoms with van der Waals surface area (Å²) in [5.41, 5.74) is 2.58. The molecule has 0 spiro atoms. The molecule has 0 radical (unpaired) electrons. The molecule has 144 valence electrons. The number of nitrogens with zero attached hydrogens (tertiary/aromatic N) is 3. The number of halogens is 1. The van der Waals surface area contributed by atoms with Gasteiger partial charge < -0.3 is 5.32 Å².